The summed E-state index contributed by atoms with van der Waals surface area (Å²) in [6, 6.07) is 10.8. The number of hydrogen-bond acceptors (Lipinski definition) is 3. The number of benzene rings is 1. The predicted octanol–water partition coefficient (Wildman–Crippen LogP) is 5.13. The quantitative estimate of drug-likeness (QED) is 0.584. The van der Waals surface area contributed by atoms with Crippen molar-refractivity contribution in [2.24, 2.45) is 5.73 Å². The highest BCUT2D eigenvalue weighted by Crippen LogP contribution is 2.24. The van der Waals surface area contributed by atoms with Crippen molar-refractivity contribution in [3.05, 3.63) is 97.4 Å². The van der Waals surface area contributed by atoms with Gasteiger partial charge >= 0.3 is 0 Å². The van der Waals surface area contributed by atoms with Crippen molar-refractivity contribution in [2.45, 2.75) is 38.6 Å². The van der Waals surface area contributed by atoms with Crippen molar-refractivity contribution in [1.29, 1.82) is 0 Å². The van der Waals surface area contributed by atoms with E-state index in [9.17, 15) is 0 Å². The van der Waals surface area contributed by atoms with Gasteiger partial charge in [0.15, 0.2) is 0 Å². The monoisotopic (exact) mass is 379 g/mol. The van der Waals surface area contributed by atoms with Crippen LogP contribution in [0.4, 0.5) is 0 Å². The lowest BCUT2D eigenvalue weighted by atomic mass is 10.0. The average molecular weight is 380 g/mol. The fourth-order valence-corrected chi connectivity index (χ4v) is 3.15. The van der Waals surface area contributed by atoms with Gasteiger partial charge in [-0.25, -0.2) is 0 Å². The minimum absolute atomic E-state index is 0.297. The summed E-state index contributed by atoms with van der Waals surface area (Å²) in [7, 11) is 0. The molecule has 1 unspecified atom stereocenters. The highest BCUT2D eigenvalue weighted by Gasteiger charge is 2.27. The van der Waals surface area contributed by atoms with Gasteiger partial charge in [0.05, 0.1) is 6.04 Å². The summed E-state index contributed by atoms with van der Waals surface area (Å²) >= 11 is 0. The molecule has 1 aromatic rings. The molecule has 1 aromatic carbocycles. The Kier molecular flexibility index (Phi) is 10.7. The van der Waals surface area contributed by atoms with E-state index in [4.69, 9.17) is 5.73 Å². The molecule has 0 radical (unpaired) electrons. The van der Waals surface area contributed by atoms with Gasteiger partial charge in [-0.2, -0.15) is 0 Å². The second kappa shape index (κ2) is 12.8. The number of rotatable bonds is 9. The number of hydrogen-bond donors (Lipinski definition) is 2. The molecule has 0 spiro atoms. The molecule has 0 aromatic heterocycles. The maximum Gasteiger partial charge on any atom is 0.0680 e. The molecule has 3 N–H and O–H groups in total. The Bertz CT molecular complexity index is 670. The lowest BCUT2D eigenvalue weighted by Gasteiger charge is -2.30. The Morgan fingerprint density at radius 1 is 1.25 bits per heavy atom. The minimum atomic E-state index is 0.297. The van der Waals surface area contributed by atoms with Crippen molar-refractivity contribution in [2.75, 3.05) is 19.6 Å². The van der Waals surface area contributed by atoms with Crippen LogP contribution in [0.3, 0.4) is 0 Å². The second-order valence-corrected chi connectivity index (χ2v) is 7.25. The zero-order valence-electron chi connectivity index (χ0n) is 17.7. The van der Waals surface area contributed by atoms with E-state index in [-0.39, 0.29) is 0 Å². The maximum atomic E-state index is 5.67. The van der Waals surface area contributed by atoms with Crippen LogP contribution in [0.15, 0.2) is 91.8 Å². The molecule has 3 nitrogen and oxygen atoms in total. The van der Waals surface area contributed by atoms with Gasteiger partial charge in [-0.15, -0.1) is 0 Å². The third-order valence-corrected chi connectivity index (χ3v) is 4.88. The second-order valence-electron chi connectivity index (χ2n) is 7.25. The number of allylic oxidation sites excluding steroid dienone is 2. The molecule has 2 rings (SSSR count). The number of nitrogens with one attached hydrogen (secondary N) is 1. The van der Waals surface area contributed by atoms with E-state index in [1.807, 2.05) is 18.2 Å². The Morgan fingerprint density at radius 2 is 1.93 bits per heavy atom. The van der Waals surface area contributed by atoms with E-state index in [1.54, 1.807) is 6.08 Å². The molecule has 3 heteroatoms. The fraction of sp³-hybridized carbons (Fsp3) is 0.360. The van der Waals surface area contributed by atoms with Crippen molar-refractivity contribution >= 4 is 0 Å². The summed E-state index contributed by atoms with van der Waals surface area (Å²) in [6.45, 7) is 22.3. The molecule has 1 atom stereocenters. The SMILES string of the molecule is C=C/C=C(\C=C)CNC(=C)C1CCCN1C(=C)CN.CC(C)c1ccccc1. The smallest absolute Gasteiger partial charge is 0.0680 e. The van der Waals surface area contributed by atoms with E-state index in [2.05, 4.69) is 74.6 Å². The van der Waals surface area contributed by atoms with Crippen molar-refractivity contribution in [3.8, 4) is 0 Å². The molecule has 0 amide bonds. The molecule has 0 saturated carbocycles. The van der Waals surface area contributed by atoms with E-state index in [0.717, 1.165) is 36.4 Å². The maximum absolute atomic E-state index is 5.67. The van der Waals surface area contributed by atoms with Crippen LogP contribution >= 0.6 is 0 Å². The molecule has 1 fully saturated rings. The minimum Gasteiger partial charge on any atom is -0.383 e. The summed E-state index contributed by atoms with van der Waals surface area (Å²) in [6.07, 6.45) is 7.78. The van der Waals surface area contributed by atoms with E-state index in [0.29, 0.717) is 25.0 Å². The van der Waals surface area contributed by atoms with Gasteiger partial charge in [0.2, 0.25) is 0 Å². The van der Waals surface area contributed by atoms with E-state index >= 15 is 0 Å². The number of likely N-dealkylation sites (tertiary alicyclic amines) is 1. The van der Waals surface area contributed by atoms with Crippen LogP contribution in [-0.2, 0) is 0 Å². The van der Waals surface area contributed by atoms with Crippen LogP contribution < -0.4 is 11.1 Å². The fourth-order valence-electron chi connectivity index (χ4n) is 3.15. The molecule has 152 valence electrons. The van der Waals surface area contributed by atoms with Gasteiger partial charge in [-0.05, 0) is 29.9 Å². The van der Waals surface area contributed by atoms with Crippen LogP contribution in [0.2, 0.25) is 0 Å². The summed E-state index contributed by atoms with van der Waals surface area (Å²) < 4.78 is 0. The van der Waals surface area contributed by atoms with Gasteiger partial charge in [0.25, 0.3) is 0 Å². The van der Waals surface area contributed by atoms with Crippen LogP contribution in [-0.4, -0.2) is 30.6 Å². The molecule has 1 aliphatic heterocycles. The number of nitrogens with zero attached hydrogens (tertiary/aromatic N) is 1. The molecular weight excluding hydrogens is 342 g/mol. The van der Waals surface area contributed by atoms with Gasteiger partial charge in [0, 0.05) is 31.0 Å². The largest absolute Gasteiger partial charge is 0.383 e. The zero-order chi connectivity index (χ0) is 20.9. The van der Waals surface area contributed by atoms with E-state index < -0.39 is 0 Å². The van der Waals surface area contributed by atoms with Crippen molar-refractivity contribution in [1.82, 2.24) is 10.2 Å². The summed E-state index contributed by atoms with van der Waals surface area (Å²) in [5, 5.41) is 3.36. The van der Waals surface area contributed by atoms with Gasteiger partial charge in [-0.3, -0.25) is 0 Å². The third-order valence-electron chi connectivity index (χ3n) is 4.88. The van der Waals surface area contributed by atoms with Crippen LogP contribution in [0.25, 0.3) is 0 Å². The standard InChI is InChI=1S/C16H25N3.C9H12/c1-5-8-15(6-2)12-18-14(4)16-9-7-10-19(16)13(3)11-17;1-8(2)9-6-4-3-5-7-9/h5-6,8,16,18H,1-4,7,9-12,17H2;3-8H,1-2H3/b15-8+;. The first-order valence-corrected chi connectivity index (χ1v) is 10.0. The summed E-state index contributed by atoms with van der Waals surface area (Å²) in [5.41, 5.74) is 10.2. The van der Waals surface area contributed by atoms with Crippen LogP contribution in [0, 0.1) is 0 Å². The first-order chi connectivity index (χ1) is 13.4. The predicted molar refractivity (Wildman–Crippen MR) is 124 cm³/mol. The van der Waals surface area contributed by atoms with E-state index in [1.165, 1.54) is 5.56 Å². The highest BCUT2D eigenvalue weighted by atomic mass is 15.2. The molecule has 0 aliphatic carbocycles. The Hall–Kier alpha value is -2.52. The molecular formula is C25H37N3. The van der Waals surface area contributed by atoms with Crippen LogP contribution in [0.1, 0.15) is 38.2 Å². The highest BCUT2D eigenvalue weighted by molar-refractivity contribution is 5.24. The first kappa shape index (κ1) is 23.5. The number of nitrogens with two attached hydrogens (primary N) is 1. The first-order valence-electron chi connectivity index (χ1n) is 10.0. The summed E-state index contributed by atoms with van der Waals surface area (Å²) in [4.78, 5) is 2.25. The lowest BCUT2D eigenvalue weighted by Crippen LogP contribution is -2.37. The normalized spacial score (nSPS) is 16.2. The topological polar surface area (TPSA) is 41.3 Å². The zero-order valence-corrected chi connectivity index (χ0v) is 17.7. The van der Waals surface area contributed by atoms with Gasteiger partial charge in [0.1, 0.15) is 0 Å². The van der Waals surface area contributed by atoms with Crippen molar-refractivity contribution < 1.29 is 0 Å². The Morgan fingerprint density at radius 3 is 2.43 bits per heavy atom. The Balaban J connectivity index is 0.000000362. The Labute approximate surface area is 172 Å². The third kappa shape index (κ3) is 7.61. The van der Waals surface area contributed by atoms with Crippen LogP contribution in [0.5, 0.6) is 0 Å². The molecule has 0 bridgehead atoms. The molecule has 1 aliphatic rings. The average Bonchev–Trinajstić information content (AvgIpc) is 3.21. The van der Waals surface area contributed by atoms with Gasteiger partial charge < -0.3 is 16.0 Å². The molecule has 1 heterocycles. The lowest BCUT2D eigenvalue weighted by molar-refractivity contribution is 0.342. The van der Waals surface area contributed by atoms with Gasteiger partial charge in [-0.1, -0.05) is 88.7 Å². The molecule has 1 saturated heterocycles. The summed E-state index contributed by atoms with van der Waals surface area (Å²) in [5.74, 6) is 0.659. The molecule has 28 heavy (non-hydrogen) atoms. The van der Waals surface area contributed by atoms with Crippen molar-refractivity contribution in [3.63, 3.8) is 0 Å².